The number of hydrogen-bond acceptors (Lipinski definition) is 3. The molecule has 0 spiro atoms. The Bertz CT molecular complexity index is 459. The molecule has 0 saturated carbocycles. The van der Waals surface area contributed by atoms with E-state index in [0.717, 1.165) is 6.07 Å². The molecule has 0 aliphatic carbocycles. The lowest BCUT2D eigenvalue weighted by molar-refractivity contribution is -0.139. The van der Waals surface area contributed by atoms with E-state index >= 15 is 0 Å². The fourth-order valence-corrected chi connectivity index (χ4v) is 1.57. The van der Waals surface area contributed by atoms with Crippen LogP contribution in [-0.2, 0) is 17.4 Å². The van der Waals surface area contributed by atoms with Gasteiger partial charge in [0.2, 0.25) is 0 Å². The Labute approximate surface area is 108 Å². The van der Waals surface area contributed by atoms with Crippen LogP contribution in [0.5, 0.6) is 5.75 Å². The van der Waals surface area contributed by atoms with Crippen LogP contribution >= 0.6 is 0 Å². The smallest absolute Gasteiger partial charge is 0.419 e. The van der Waals surface area contributed by atoms with Crippen LogP contribution in [0, 0.1) is 0 Å². The number of benzene rings is 1. The molecule has 1 atom stereocenters. The normalized spacial score (nSPS) is 13.1. The number of carbonyl (C=O) groups excluding carboxylic acids is 1. The summed E-state index contributed by atoms with van der Waals surface area (Å²) in [5.74, 6) is -1.26. The highest BCUT2D eigenvalue weighted by atomic mass is 19.4. The van der Waals surface area contributed by atoms with Gasteiger partial charge >= 0.3 is 6.18 Å². The number of hydrogen-bond donors (Lipinski definition) is 2. The highest BCUT2D eigenvalue weighted by Gasteiger charge is 2.34. The first kappa shape index (κ1) is 15.3. The average molecular weight is 276 g/mol. The van der Waals surface area contributed by atoms with Gasteiger partial charge in [0.1, 0.15) is 5.75 Å². The predicted molar refractivity (Wildman–Crippen MR) is 63.5 cm³/mol. The Kier molecular flexibility index (Phi) is 4.77. The van der Waals surface area contributed by atoms with Crippen LogP contribution in [0.4, 0.5) is 13.2 Å². The molecule has 1 aromatic carbocycles. The van der Waals surface area contributed by atoms with E-state index in [4.69, 9.17) is 16.2 Å². The summed E-state index contributed by atoms with van der Waals surface area (Å²) in [5.41, 5.74) is 9.89. The molecule has 7 heteroatoms. The van der Waals surface area contributed by atoms with Gasteiger partial charge in [-0.15, -0.1) is 0 Å². The lowest BCUT2D eigenvalue weighted by Crippen LogP contribution is -2.22. The molecule has 4 N–H and O–H groups in total. The minimum atomic E-state index is -4.57. The predicted octanol–water partition coefficient (Wildman–Crippen LogP) is 1.46. The maximum absolute atomic E-state index is 12.9. The van der Waals surface area contributed by atoms with E-state index in [0.29, 0.717) is 12.0 Å². The molecule has 1 unspecified atom stereocenters. The lowest BCUT2D eigenvalue weighted by atomic mass is 10.0. The van der Waals surface area contributed by atoms with E-state index in [1.54, 1.807) is 6.92 Å². The van der Waals surface area contributed by atoms with E-state index < -0.39 is 30.0 Å². The van der Waals surface area contributed by atoms with Crippen LogP contribution < -0.4 is 16.2 Å². The molecule has 106 valence electrons. The van der Waals surface area contributed by atoms with Crippen LogP contribution in [0.3, 0.4) is 0 Å². The number of rotatable bonds is 5. The summed E-state index contributed by atoms with van der Waals surface area (Å²) < 4.78 is 43.3. The van der Waals surface area contributed by atoms with Crippen molar-refractivity contribution in [3.63, 3.8) is 0 Å². The minimum absolute atomic E-state index is 0.251. The summed E-state index contributed by atoms with van der Waals surface area (Å²) in [6.45, 7) is 1.10. The molecule has 0 aliphatic rings. The average Bonchev–Trinajstić information content (AvgIpc) is 2.25. The van der Waals surface area contributed by atoms with Gasteiger partial charge in [-0.1, -0.05) is 6.07 Å². The summed E-state index contributed by atoms with van der Waals surface area (Å²) >= 11 is 0. The molecule has 1 aromatic rings. The first-order valence-corrected chi connectivity index (χ1v) is 5.57. The zero-order chi connectivity index (χ0) is 14.6. The highest BCUT2D eigenvalue weighted by molar-refractivity contribution is 5.75. The molecule has 0 aliphatic heterocycles. The van der Waals surface area contributed by atoms with Gasteiger partial charge in [0.25, 0.3) is 5.91 Å². The maximum atomic E-state index is 12.9. The van der Waals surface area contributed by atoms with Gasteiger partial charge < -0.3 is 16.2 Å². The molecule has 1 rings (SSSR count). The second-order valence-corrected chi connectivity index (χ2v) is 4.26. The highest BCUT2D eigenvalue weighted by Crippen LogP contribution is 2.37. The van der Waals surface area contributed by atoms with Gasteiger partial charge in [0.15, 0.2) is 6.61 Å². The Balaban J connectivity index is 3.06. The third kappa shape index (κ3) is 4.78. The second kappa shape index (κ2) is 5.92. The van der Waals surface area contributed by atoms with Crippen molar-refractivity contribution < 1.29 is 22.7 Å². The van der Waals surface area contributed by atoms with Crippen LogP contribution in [-0.4, -0.2) is 18.6 Å². The summed E-state index contributed by atoms with van der Waals surface area (Å²) in [7, 11) is 0. The molecular formula is C12H15F3N2O2. The van der Waals surface area contributed by atoms with Gasteiger partial charge in [0.05, 0.1) is 5.56 Å². The van der Waals surface area contributed by atoms with Gasteiger partial charge in [-0.25, -0.2) is 0 Å². The standard InChI is InChI=1S/C12H15F3N2O2/c1-7(16)4-8-2-3-10(19-6-11(17)18)9(5-8)12(13,14)15/h2-3,5,7H,4,6,16H2,1H3,(H2,17,18). The molecule has 0 fully saturated rings. The van der Waals surface area contributed by atoms with E-state index in [1.807, 2.05) is 0 Å². The van der Waals surface area contributed by atoms with E-state index in [1.165, 1.54) is 12.1 Å². The lowest BCUT2D eigenvalue weighted by Gasteiger charge is -2.15. The van der Waals surface area contributed by atoms with E-state index in [-0.39, 0.29) is 6.04 Å². The molecule has 0 aromatic heterocycles. The number of ether oxygens (including phenoxy) is 1. The number of carbonyl (C=O) groups is 1. The molecule has 19 heavy (non-hydrogen) atoms. The zero-order valence-corrected chi connectivity index (χ0v) is 10.3. The number of halogens is 3. The van der Waals surface area contributed by atoms with Crippen LogP contribution in [0.15, 0.2) is 18.2 Å². The molecule has 0 heterocycles. The fraction of sp³-hybridized carbons (Fsp3) is 0.417. The molecule has 0 saturated heterocycles. The van der Waals surface area contributed by atoms with Crippen molar-refractivity contribution in [3.05, 3.63) is 29.3 Å². The molecule has 0 radical (unpaired) electrons. The third-order valence-electron chi connectivity index (χ3n) is 2.28. The molecule has 0 bridgehead atoms. The van der Waals surface area contributed by atoms with Gasteiger partial charge in [0, 0.05) is 6.04 Å². The number of nitrogens with two attached hydrogens (primary N) is 2. The van der Waals surface area contributed by atoms with Gasteiger partial charge in [-0.3, -0.25) is 4.79 Å². The fourth-order valence-electron chi connectivity index (χ4n) is 1.57. The maximum Gasteiger partial charge on any atom is 0.419 e. The molecule has 1 amide bonds. The Morgan fingerprint density at radius 1 is 1.42 bits per heavy atom. The van der Waals surface area contributed by atoms with Crippen molar-refractivity contribution in [2.24, 2.45) is 11.5 Å². The Morgan fingerprint density at radius 2 is 2.05 bits per heavy atom. The van der Waals surface area contributed by atoms with E-state index in [2.05, 4.69) is 0 Å². The minimum Gasteiger partial charge on any atom is -0.483 e. The number of amides is 1. The van der Waals surface area contributed by atoms with Crippen molar-refractivity contribution in [1.82, 2.24) is 0 Å². The third-order valence-corrected chi connectivity index (χ3v) is 2.28. The summed E-state index contributed by atoms with van der Waals surface area (Å²) in [5, 5.41) is 0. The topological polar surface area (TPSA) is 78.3 Å². The molecule has 4 nitrogen and oxygen atoms in total. The molecular weight excluding hydrogens is 261 g/mol. The second-order valence-electron chi connectivity index (χ2n) is 4.26. The van der Waals surface area contributed by atoms with Crippen molar-refractivity contribution in [1.29, 1.82) is 0 Å². The largest absolute Gasteiger partial charge is 0.483 e. The summed E-state index contributed by atoms with van der Waals surface area (Å²) in [4.78, 5) is 10.5. The number of alkyl halides is 3. The van der Waals surface area contributed by atoms with Crippen molar-refractivity contribution in [2.45, 2.75) is 25.6 Å². The van der Waals surface area contributed by atoms with Crippen molar-refractivity contribution >= 4 is 5.91 Å². The zero-order valence-electron chi connectivity index (χ0n) is 10.3. The SMILES string of the molecule is CC(N)Cc1ccc(OCC(N)=O)c(C(F)(F)F)c1. The van der Waals surface area contributed by atoms with Gasteiger partial charge in [-0.2, -0.15) is 13.2 Å². The van der Waals surface area contributed by atoms with Crippen molar-refractivity contribution in [2.75, 3.05) is 6.61 Å². The van der Waals surface area contributed by atoms with Gasteiger partial charge in [-0.05, 0) is 31.0 Å². The first-order valence-electron chi connectivity index (χ1n) is 5.57. The van der Waals surface area contributed by atoms with Crippen LogP contribution in [0.25, 0.3) is 0 Å². The van der Waals surface area contributed by atoms with Crippen molar-refractivity contribution in [3.8, 4) is 5.75 Å². The summed E-state index contributed by atoms with van der Waals surface area (Å²) in [6, 6.07) is 3.37. The number of primary amides is 1. The Morgan fingerprint density at radius 3 is 2.53 bits per heavy atom. The first-order chi connectivity index (χ1) is 8.70. The van der Waals surface area contributed by atoms with Crippen LogP contribution in [0.2, 0.25) is 0 Å². The quantitative estimate of drug-likeness (QED) is 0.854. The summed E-state index contributed by atoms with van der Waals surface area (Å²) in [6.07, 6.45) is -4.25. The van der Waals surface area contributed by atoms with E-state index in [9.17, 15) is 18.0 Å². The Hall–Kier alpha value is -1.76. The van der Waals surface area contributed by atoms with Crippen LogP contribution in [0.1, 0.15) is 18.1 Å². The monoisotopic (exact) mass is 276 g/mol.